The molecule has 1 aliphatic heterocycles. The van der Waals surface area contributed by atoms with Gasteiger partial charge in [-0.2, -0.15) is 0 Å². The number of hydrogen-bond donors (Lipinski definition) is 1. The molecule has 1 aromatic heterocycles. The van der Waals surface area contributed by atoms with Gasteiger partial charge in [-0.05, 0) is 43.2 Å². The standard InChI is InChI=1S/C18H19N3/c1-12(2)21-17-6-4-3-5-16(17)20-18(21)13-7-8-14-10-19-11-15(14)9-13/h3-9,12,19H,10-11H2,1-2H3. The molecule has 0 unspecified atom stereocenters. The van der Waals surface area contributed by atoms with Gasteiger partial charge >= 0.3 is 0 Å². The highest BCUT2D eigenvalue weighted by molar-refractivity contribution is 5.81. The molecule has 0 radical (unpaired) electrons. The number of benzene rings is 2. The van der Waals surface area contributed by atoms with E-state index in [1.807, 2.05) is 0 Å². The molecule has 3 aromatic rings. The lowest BCUT2D eigenvalue weighted by atomic mass is 10.1. The van der Waals surface area contributed by atoms with Gasteiger partial charge in [-0.1, -0.05) is 24.3 Å². The monoisotopic (exact) mass is 277 g/mol. The zero-order chi connectivity index (χ0) is 14.4. The van der Waals surface area contributed by atoms with Crippen LogP contribution < -0.4 is 5.32 Å². The Balaban J connectivity index is 1.95. The Morgan fingerprint density at radius 2 is 1.86 bits per heavy atom. The van der Waals surface area contributed by atoms with Crippen molar-refractivity contribution >= 4 is 11.0 Å². The average Bonchev–Trinajstić information content (AvgIpc) is 3.10. The molecule has 2 heterocycles. The molecule has 0 spiro atoms. The van der Waals surface area contributed by atoms with Crippen LogP contribution in [-0.2, 0) is 13.1 Å². The fourth-order valence-electron chi connectivity index (χ4n) is 3.20. The van der Waals surface area contributed by atoms with Crippen LogP contribution in [0.2, 0.25) is 0 Å². The van der Waals surface area contributed by atoms with Crippen LogP contribution in [0.5, 0.6) is 0 Å². The van der Waals surface area contributed by atoms with Crippen LogP contribution in [0.4, 0.5) is 0 Å². The number of nitrogens with one attached hydrogen (secondary N) is 1. The molecule has 2 aromatic carbocycles. The molecule has 0 saturated carbocycles. The van der Waals surface area contributed by atoms with E-state index in [1.165, 1.54) is 22.2 Å². The Hall–Kier alpha value is -2.13. The Kier molecular flexibility index (Phi) is 2.82. The van der Waals surface area contributed by atoms with Crippen molar-refractivity contribution in [2.45, 2.75) is 33.0 Å². The van der Waals surface area contributed by atoms with Crippen LogP contribution in [0, 0.1) is 0 Å². The summed E-state index contributed by atoms with van der Waals surface area (Å²) in [7, 11) is 0. The largest absolute Gasteiger partial charge is 0.321 e. The van der Waals surface area contributed by atoms with Gasteiger partial charge in [0, 0.05) is 24.7 Å². The van der Waals surface area contributed by atoms with Gasteiger partial charge in [-0.3, -0.25) is 0 Å². The van der Waals surface area contributed by atoms with E-state index >= 15 is 0 Å². The summed E-state index contributed by atoms with van der Waals surface area (Å²) < 4.78 is 2.33. The third kappa shape index (κ3) is 1.96. The third-order valence-electron chi connectivity index (χ3n) is 4.21. The summed E-state index contributed by atoms with van der Waals surface area (Å²) in [4.78, 5) is 4.87. The van der Waals surface area contributed by atoms with Crippen LogP contribution >= 0.6 is 0 Å². The van der Waals surface area contributed by atoms with Crippen molar-refractivity contribution in [2.75, 3.05) is 0 Å². The van der Waals surface area contributed by atoms with E-state index in [0.29, 0.717) is 6.04 Å². The predicted molar refractivity (Wildman–Crippen MR) is 86.1 cm³/mol. The highest BCUT2D eigenvalue weighted by Crippen LogP contribution is 2.30. The summed E-state index contributed by atoms with van der Waals surface area (Å²) in [5, 5.41) is 3.40. The minimum absolute atomic E-state index is 0.388. The highest BCUT2D eigenvalue weighted by atomic mass is 15.1. The summed E-state index contributed by atoms with van der Waals surface area (Å²) in [5.41, 5.74) is 6.30. The van der Waals surface area contributed by atoms with Crippen molar-refractivity contribution in [3.8, 4) is 11.4 Å². The lowest BCUT2D eigenvalue weighted by Gasteiger charge is -2.13. The van der Waals surface area contributed by atoms with Crippen LogP contribution in [0.25, 0.3) is 22.4 Å². The van der Waals surface area contributed by atoms with Crippen molar-refractivity contribution in [3.05, 3.63) is 53.6 Å². The van der Waals surface area contributed by atoms with Crippen molar-refractivity contribution in [1.82, 2.24) is 14.9 Å². The van der Waals surface area contributed by atoms with E-state index < -0.39 is 0 Å². The first-order valence-corrected chi connectivity index (χ1v) is 7.54. The number of rotatable bonds is 2. The maximum absolute atomic E-state index is 4.87. The van der Waals surface area contributed by atoms with Crippen molar-refractivity contribution in [3.63, 3.8) is 0 Å². The molecule has 3 heteroatoms. The molecule has 0 bridgehead atoms. The summed E-state index contributed by atoms with van der Waals surface area (Å²) in [5.74, 6) is 1.07. The van der Waals surface area contributed by atoms with E-state index in [1.54, 1.807) is 0 Å². The molecule has 1 aliphatic rings. The zero-order valence-electron chi connectivity index (χ0n) is 12.4. The molecule has 4 rings (SSSR count). The van der Waals surface area contributed by atoms with Gasteiger partial charge in [-0.25, -0.2) is 4.98 Å². The highest BCUT2D eigenvalue weighted by Gasteiger charge is 2.17. The summed E-state index contributed by atoms with van der Waals surface area (Å²) >= 11 is 0. The number of aromatic nitrogens is 2. The minimum atomic E-state index is 0.388. The van der Waals surface area contributed by atoms with Gasteiger partial charge in [0.1, 0.15) is 5.82 Å². The zero-order valence-corrected chi connectivity index (χ0v) is 12.4. The molecule has 3 nitrogen and oxygen atoms in total. The maximum Gasteiger partial charge on any atom is 0.141 e. The van der Waals surface area contributed by atoms with E-state index in [-0.39, 0.29) is 0 Å². The second-order valence-electron chi connectivity index (χ2n) is 5.97. The van der Waals surface area contributed by atoms with Gasteiger partial charge in [0.25, 0.3) is 0 Å². The van der Waals surface area contributed by atoms with Gasteiger partial charge in [0.05, 0.1) is 11.0 Å². The SMILES string of the molecule is CC(C)n1c(-c2ccc3c(c2)CNC3)nc2ccccc21. The molecule has 0 fully saturated rings. The number of nitrogens with zero attached hydrogens (tertiary/aromatic N) is 2. The fraction of sp³-hybridized carbons (Fsp3) is 0.278. The summed E-state index contributed by atoms with van der Waals surface area (Å²) in [6.45, 7) is 6.38. The summed E-state index contributed by atoms with van der Waals surface area (Å²) in [6.07, 6.45) is 0. The second-order valence-corrected chi connectivity index (χ2v) is 5.97. The van der Waals surface area contributed by atoms with Crippen LogP contribution in [0.15, 0.2) is 42.5 Å². The first-order valence-electron chi connectivity index (χ1n) is 7.54. The van der Waals surface area contributed by atoms with E-state index in [9.17, 15) is 0 Å². The van der Waals surface area contributed by atoms with Crippen molar-refractivity contribution < 1.29 is 0 Å². The van der Waals surface area contributed by atoms with Crippen molar-refractivity contribution in [1.29, 1.82) is 0 Å². The van der Waals surface area contributed by atoms with E-state index in [0.717, 1.165) is 24.4 Å². The molecule has 0 atom stereocenters. The number of hydrogen-bond acceptors (Lipinski definition) is 2. The first-order chi connectivity index (χ1) is 10.2. The number of fused-ring (bicyclic) bond motifs is 2. The minimum Gasteiger partial charge on any atom is -0.321 e. The number of para-hydroxylation sites is 2. The molecular formula is C18H19N3. The van der Waals surface area contributed by atoms with Gasteiger partial charge in [-0.15, -0.1) is 0 Å². The number of imidazole rings is 1. The van der Waals surface area contributed by atoms with E-state index in [4.69, 9.17) is 4.98 Å². The van der Waals surface area contributed by atoms with Crippen LogP contribution in [-0.4, -0.2) is 9.55 Å². The smallest absolute Gasteiger partial charge is 0.141 e. The first kappa shape index (κ1) is 12.6. The van der Waals surface area contributed by atoms with E-state index in [2.05, 4.69) is 66.2 Å². The van der Waals surface area contributed by atoms with Gasteiger partial charge in [0.15, 0.2) is 0 Å². The molecule has 106 valence electrons. The van der Waals surface area contributed by atoms with Gasteiger partial charge < -0.3 is 9.88 Å². The Morgan fingerprint density at radius 3 is 2.71 bits per heavy atom. The predicted octanol–water partition coefficient (Wildman–Crippen LogP) is 3.89. The fourth-order valence-corrected chi connectivity index (χ4v) is 3.20. The molecule has 0 amide bonds. The lowest BCUT2D eigenvalue weighted by Crippen LogP contribution is -2.03. The third-order valence-corrected chi connectivity index (χ3v) is 4.21. The molecule has 21 heavy (non-hydrogen) atoms. The normalized spacial score (nSPS) is 14.0. The Labute approximate surface area is 124 Å². The van der Waals surface area contributed by atoms with Crippen LogP contribution in [0.3, 0.4) is 0 Å². The van der Waals surface area contributed by atoms with Crippen LogP contribution in [0.1, 0.15) is 31.0 Å². The quantitative estimate of drug-likeness (QED) is 0.770. The lowest BCUT2D eigenvalue weighted by molar-refractivity contribution is 0.624. The Bertz CT molecular complexity index is 814. The Morgan fingerprint density at radius 1 is 1.05 bits per heavy atom. The molecule has 0 aliphatic carbocycles. The second kappa shape index (κ2) is 4.71. The molecular weight excluding hydrogens is 258 g/mol. The molecule has 0 saturated heterocycles. The van der Waals surface area contributed by atoms with Gasteiger partial charge in [0.2, 0.25) is 0 Å². The molecule has 1 N–H and O–H groups in total. The average molecular weight is 277 g/mol. The summed E-state index contributed by atoms with van der Waals surface area (Å²) in [6, 6.07) is 15.5. The topological polar surface area (TPSA) is 29.9 Å². The maximum atomic E-state index is 4.87. The van der Waals surface area contributed by atoms with Crippen molar-refractivity contribution in [2.24, 2.45) is 0 Å².